The normalized spacial score (nSPS) is 19.9. The molecule has 2 fully saturated rings. The van der Waals surface area contributed by atoms with Gasteiger partial charge in [-0.15, -0.1) is 0 Å². The first-order valence-electron chi connectivity index (χ1n) is 9.94. The standard InChI is InChI=1S/C21H23N5O2/c1-13-11-22-19(14-5-4-6-14)26(13)15-9-10-25(12-15)21(28)18-16-7-2-3-8-17(16)20(27)24-23-18/h2-3,7-8,11,14-15H,4-6,9-10,12H2,1H3,(H,24,27). The number of carbonyl (C=O) groups is 1. The van der Waals surface area contributed by atoms with Gasteiger partial charge in [-0.05, 0) is 32.3 Å². The highest BCUT2D eigenvalue weighted by atomic mass is 16.2. The Morgan fingerprint density at radius 2 is 1.96 bits per heavy atom. The van der Waals surface area contributed by atoms with Crippen molar-refractivity contribution in [3.8, 4) is 0 Å². The van der Waals surface area contributed by atoms with Crippen molar-refractivity contribution in [1.29, 1.82) is 0 Å². The highest BCUT2D eigenvalue weighted by Crippen LogP contribution is 2.38. The predicted molar refractivity (Wildman–Crippen MR) is 105 cm³/mol. The largest absolute Gasteiger partial charge is 0.335 e. The fourth-order valence-corrected chi connectivity index (χ4v) is 4.47. The lowest BCUT2D eigenvalue weighted by Crippen LogP contribution is -2.31. The van der Waals surface area contributed by atoms with E-state index < -0.39 is 0 Å². The van der Waals surface area contributed by atoms with E-state index in [0.29, 0.717) is 35.5 Å². The lowest BCUT2D eigenvalue weighted by molar-refractivity contribution is 0.0782. The molecule has 3 heterocycles. The fraction of sp³-hybridized carbons (Fsp3) is 0.429. The molecule has 1 amide bonds. The van der Waals surface area contributed by atoms with Crippen molar-refractivity contribution >= 4 is 16.7 Å². The zero-order valence-electron chi connectivity index (χ0n) is 15.9. The van der Waals surface area contributed by atoms with Crippen LogP contribution in [0.15, 0.2) is 35.3 Å². The molecular weight excluding hydrogens is 354 g/mol. The average molecular weight is 377 g/mol. The minimum absolute atomic E-state index is 0.127. The molecule has 3 aromatic rings. The summed E-state index contributed by atoms with van der Waals surface area (Å²) in [7, 11) is 0. The van der Waals surface area contributed by atoms with Crippen molar-refractivity contribution in [2.45, 2.75) is 44.6 Å². The Balaban J connectivity index is 1.43. The number of hydrogen-bond donors (Lipinski definition) is 1. The Morgan fingerprint density at radius 1 is 1.18 bits per heavy atom. The summed E-state index contributed by atoms with van der Waals surface area (Å²) >= 11 is 0. The topological polar surface area (TPSA) is 83.9 Å². The van der Waals surface area contributed by atoms with Crippen LogP contribution in [0.4, 0.5) is 0 Å². The van der Waals surface area contributed by atoms with E-state index in [1.165, 1.54) is 25.1 Å². The number of aromatic amines is 1. The summed E-state index contributed by atoms with van der Waals surface area (Å²) in [6, 6.07) is 7.37. The number of fused-ring (bicyclic) bond motifs is 1. The van der Waals surface area contributed by atoms with Crippen molar-refractivity contribution in [3.05, 3.63) is 58.0 Å². The van der Waals surface area contributed by atoms with E-state index in [1.54, 1.807) is 18.2 Å². The van der Waals surface area contributed by atoms with Crippen molar-refractivity contribution < 1.29 is 4.79 Å². The number of nitrogens with one attached hydrogen (secondary N) is 1. The van der Waals surface area contributed by atoms with Gasteiger partial charge in [-0.3, -0.25) is 9.59 Å². The summed E-state index contributed by atoms with van der Waals surface area (Å²) in [5.74, 6) is 1.61. The molecule has 7 nitrogen and oxygen atoms in total. The molecule has 5 rings (SSSR count). The number of nitrogens with zero attached hydrogens (tertiary/aromatic N) is 4. The summed E-state index contributed by atoms with van der Waals surface area (Å²) in [4.78, 5) is 31.7. The van der Waals surface area contributed by atoms with E-state index in [4.69, 9.17) is 0 Å². The van der Waals surface area contributed by atoms with Gasteiger partial charge in [0.15, 0.2) is 5.69 Å². The SMILES string of the molecule is Cc1cnc(C2CCC2)n1C1CCN(C(=O)c2n[nH]c(=O)c3ccccc23)C1. The number of amides is 1. The van der Waals surface area contributed by atoms with Gasteiger partial charge in [-0.1, -0.05) is 24.6 Å². The molecule has 1 aliphatic carbocycles. The number of rotatable bonds is 3. The van der Waals surface area contributed by atoms with E-state index in [9.17, 15) is 9.59 Å². The maximum absolute atomic E-state index is 13.2. The number of aromatic nitrogens is 4. The lowest BCUT2D eigenvalue weighted by atomic mass is 9.84. The second kappa shape index (κ2) is 6.58. The van der Waals surface area contributed by atoms with Gasteiger partial charge in [0.05, 0.1) is 11.4 Å². The third-order valence-electron chi connectivity index (χ3n) is 6.20. The van der Waals surface area contributed by atoms with Gasteiger partial charge >= 0.3 is 0 Å². The first kappa shape index (κ1) is 17.2. The molecule has 2 aromatic heterocycles. The molecule has 1 aromatic carbocycles. The van der Waals surface area contributed by atoms with E-state index in [2.05, 4.69) is 26.7 Å². The number of benzene rings is 1. The van der Waals surface area contributed by atoms with Gasteiger partial charge in [0.2, 0.25) is 0 Å². The molecule has 0 spiro atoms. The summed E-state index contributed by atoms with van der Waals surface area (Å²) in [6.07, 6.45) is 6.55. The summed E-state index contributed by atoms with van der Waals surface area (Å²) < 4.78 is 2.34. The molecule has 144 valence electrons. The zero-order chi connectivity index (χ0) is 19.3. The van der Waals surface area contributed by atoms with Gasteiger partial charge in [-0.25, -0.2) is 10.1 Å². The van der Waals surface area contributed by atoms with Crippen LogP contribution in [-0.2, 0) is 0 Å². The second-order valence-electron chi connectivity index (χ2n) is 7.90. The predicted octanol–water partition coefficient (Wildman–Crippen LogP) is 2.78. The Kier molecular flexibility index (Phi) is 4.03. The highest BCUT2D eigenvalue weighted by Gasteiger charge is 2.34. The number of imidazole rings is 1. The highest BCUT2D eigenvalue weighted by molar-refractivity contribution is 6.04. The minimum atomic E-state index is -0.273. The van der Waals surface area contributed by atoms with Crippen molar-refractivity contribution in [2.75, 3.05) is 13.1 Å². The van der Waals surface area contributed by atoms with Gasteiger partial charge in [0.25, 0.3) is 11.5 Å². The number of H-pyrrole nitrogens is 1. The van der Waals surface area contributed by atoms with Crippen LogP contribution in [0.2, 0.25) is 0 Å². The molecule has 7 heteroatoms. The van der Waals surface area contributed by atoms with Gasteiger partial charge < -0.3 is 9.47 Å². The smallest absolute Gasteiger partial charge is 0.275 e. The molecule has 1 atom stereocenters. The van der Waals surface area contributed by atoms with Crippen LogP contribution < -0.4 is 5.56 Å². The summed E-state index contributed by atoms with van der Waals surface area (Å²) in [6.45, 7) is 3.42. The van der Waals surface area contributed by atoms with Crippen molar-refractivity contribution in [1.82, 2.24) is 24.6 Å². The van der Waals surface area contributed by atoms with E-state index in [1.807, 2.05) is 17.2 Å². The third kappa shape index (κ3) is 2.65. The Bertz CT molecular complexity index is 1110. The monoisotopic (exact) mass is 377 g/mol. The van der Waals surface area contributed by atoms with Gasteiger partial charge in [0.1, 0.15) is 5.82 Å². The quantitative estimate of drug-likeness (QED) is 0.761. The first-order chi connectivity index (χ1) is 13.6. The average Bonchev–Trinajstić information content (AvgIpc) is 3.27. The van der Waals surface area contributed by atoms with Crippen LogP contribution in [0.1, 0.15) is 59.6 Å². The number of hydrogen-bond acceptors (Lipinski definition) is 4. The first-order valence-corrected chi connectivity index (χ1v) is 9.94. The van der Waals surface area contributed by atoms with Gasteiger partial charge in [0, 0.05) is 36.3 Å². The van der Waals surface area contributed by atoms with Crippen molar-refractivity contribution in [2.24, 2.45) is 0 Å². The Hall–Kier alpha value is -2.96. The van der Waals surface area contributed by atoms with E-state index in [-0.39, 0.29) is 17.5 Å². The van der Waals surface area contributed by atoms with Crippen LogP contribution in [0.25, 0.3) is 10.8 Å². The molecule has 28 heavy (non-hydrogen) atoms. The molecule has 1 saturated carbocycles. The van der Waals surface area contributed by atoms with Crippen molar-refractivity contribution in [3.63, 3.8) is 0 Å². The molecule has 1 N–H and O–H groups in total. The fourth-order valence-electron chi connectivity index (χ4n) is 4.47. The zero-order valence-corrected chi connectivity index (χ0v) is 15.9. The molecule has 1 unspecified atom stereocenters. The van der Waals surface area contributed by atoms with Crippen LogP contribution in [-0.4, -0.2) is 43.6 Å². The number of likely N-dealkylation sites (tertiary alicyclic amines) is 1. The summed E-state index contributed by atoms with van der Waals surface area (Å²) in [5, 5.41) is 7.64. The number of carbonyl (C=O) groups excluding carboxylic acids is 1. The molecule has 2 aliphatic rings. The molecule has 1 aliphatic heterocycles. The maximum atomic E-state index is 13.2. The van der Waals surface area contributed by atoms with E-state index >= 15 is 0 Å². The Morgan fingerprint density at radius 3 is 2.71 bits per heavy atom. The molecule has 0 bridgehead atoms. The van der Waals surface area contributed by atoms with Crippen LogP contribution in [0.5, 0.6) is 0 Å². The molecular formula is C21H23N5O2. The third-order valence-corrected chi connectivity index (χ3v) is 6.20. The van der Waals surface area contributed by atoms with E-state index in [0.717, 1.165) is 12.1 Å². The Labute approximate surface area is 162 Å². The number of aryl methyl sites for hydroxylation is 1. The van der Waals surface area contributed by atoms with Crippen LogP contribution in [0, 0.1) is 6.92 Å². The second-order valence-corrected chi connectivity index (χ2v) is 7.90. The maximum Gasteiger partial charge on any atom is 0.275 e. The molecule has 1 saturated heterocycles. The summed E-state index contributed by atoms with van der Waals surface area (Å²) in [5.41, 5.74) is 1.21. The van der Waals surface area contributed by atoms with Crippen LogP contribution in [0.3, 0.4) is 0 Å². The van der Waals surface area contributed by atoms with Gasteiger partial charge in [-0.2, -0.15) is 5.10 Å². The minimum Gasteiger partial charge on any atom is -0.335 e. The van der Waals surface area contributed by atoms with Crippen LogP contribution >= 0.6 is 0 Å². The lowest BCUT2D eigenvalue weighted by Gasteiger charge is -2.28. The molecule has 0 radical (unpaired) electrons.